The number of Topliss-reactive ketones (excluding diaryl/α,β-unsaturated/α-hetero) is 1. The minimum absolute atomic E-state index is 0.106. The van der Waals surface area contributed by atoms with E-state index in [0.29, 0.717) is 12.8 Å². The average molecular weight is 224 g/mol. The van der Waals surface area contributed by atoms with Crippen molar-refractivity contribution in [2.24, 2.45) is 10.8 Å². The number of ether oxygens (including phenoxy) is 1. The van der Waals surface area contributed by atoms with Crippen molar-refractivity contribution in [3.63, 3.8) is 0 Å². The first-order valence-electron chi connectivity index (χ1n) is 6.08. The lowest BCUT2D eigenvalue weighted by atomic mass is 9.65. The minimum atomic E-state index is -0.838. The van der Waals surface area contributed by atoms with E-state index < -0.39 is 11.0 Å². The number of rotatable bonds is 3. The summed E-state index contributed by atoms with van der Waals surface area (Å²) in [5.41, 5.74) is -1.69. The van der Waals surface area contributed by atoms with Crippen LogP contribution in [-0.4, -0.2) is 17.4 Å². The second kappa shape index (κ2) is 3.08. The van der Waals surface area contributed by atoms with Crippen molar-refractivity contribution in [1.29, 1.82) is 0 Å². The lowest BCUT2D eigenvalue weighted by Gasteiger charge is -2.35. The van der Waals surface area contributed by atoms with E-state index in [0.717, 1.165) is 12.8 Å². The van der Waals surface area contributed by atoms with Crippen molar-refractivity contribution in [2.75, 3.05) is 0 Å². The van der Waals surface area contributed by atoms with Gasteiger partial charge in [-0.3, -0.25) is 9.59 Å². The van der Waals surface area contributed by atoms with Crippen LogP contribution in [0, 0.1) is 10.8 Å². The molecule has 0 aromatic rings. The third-order valence-electron chi connectivity index (χ3n) is 5.01. The summed E-state index contributed by atoms with van der Waals surface area (Å²) in [6.07, 6.45) is 2.78. The van der Waals surface area contributed by atoms with Crippen LogP contribution < -0.4 is 0 Å². The largest absolute Gasteiger partial charge is 0.450 e. The molecule has 0 aromatic carbocycles. The van der Waals surface area contributed by atoms with E-state index >= 15 is 0 Å². The molecule has 0 spiro atoms. The van der Waals surface area contributed by atoms with Crippen LogP contribution in [0.15, 0.2) is 0 Å². The predicted molar refractivity (Wildman–Crippen MR) is 59.9 cm³/mol. The smallest absolute Gasteiger partial charge is 0.313 e. The average Bonchev–Trinajstić information content (AvgIpc) is 2.48. The maximum atomic E-state index is 12.3. The number of ketones is 1. The second-order valence-corrected chi connectivity index (χ2v) is 5.85. The predicted octanol–water partition coefficient (Wildman–Crippen LogP) is 2.48. The van der Waals surface area contributed by atoms with Crippen LogP contribution in [0.4, 0.5) is 0 Å². The monoisotopic (exact) mass is 224 g/mol. The highest BCUT2D eigenvalue weighted by atomic mass is 16.6. The van der Waals surface area contributed by atoms with Gasteiger partial charge in [0, 0.05) is 11.8 Å². The van der Waals surface area contributed by atoms with E-state index in [9.17, 15) is 9.59 Å². The van der Waals surface area contributed by atoms with Crippen LogP contribution in [0.2, 0.25) is 0 Å². The number of hydrogen-bond donors (Lipinski definition) is 0. The Morgan fingerprint density at radius 1 is 1.31 bits per heavy atom. The zero-order chi connectivity index (χ0) is 12.2. The second-order valence-electron chi connectivity index (χ2n) is 5.85. The number of fused-ring (bicyclic) bond motifs is 2. The topological polar surface area (TPSA) is 43.4 Å². The lowest BCUT2D eigenvalue weighted by Crippen LogP contribution is -2.47. The first-order chi connectivity index (χ1) is 7.32. The van der Waals surface area contributed by atoms with Gasteiger partial charge < -0.3 is 4.74 Å². The van der Waals surface area contributed by atoms with E-state index in [4.69, 9.17) is 4.74 Å². The summed E-state index contributed by atoms with van der Waals surface area (Å²) in [4.78, 5) is 24.2. The number of esters is 1. The molecule has 1 aliphatic carbocycles. The molecule has 2 aliphatic rings. The highest BCUT2D eigenvalue weighted by Crippen LogP contribution is 2.65. The fourth-order valence-corrected chi connectivity index (χ4v) is 3.28. The van der Waals surface area contributed by atoms with Crippen LogP contribution in [0.5, 0.6) is 0 Å². The molecule has 16 heavy (non-hydrogen) atoms. The molecular formula is C13H20O3. The lowest BCUT2D eigenvalue weighted by molar-refractivity contribution is -0.167. The maximum absolute atomic E-state index is 12.3. The van der Waals surface area contributed by atoms with Crippen LogP contribution in [0.3, 0.4) is 0 Å². The molecule has 0 amide bonds. The van der Waals surface area contributed by atoms with Crippen LogP contribution >= 0.6 is 0 Å². The third-order valence-corrected chi connectivity index (χ3v) is 5.01. The molecule has 0 aromatic heterocycles. The van der Waals surface area contributed by atoms with Gasteiger partial charge in [0.2, 0.25) is 0 Å². The summed E-state index contributed by atoms with van der Waals surface area (Å²) in [6, 6.07) is 0. The summed E-state index contributed by atoms with van der Waals surface area (Å²) in [5.74, 6) is -0.0808. The fraction of sp³-hybridized carbons (Fsp3) is 0.846. The van der Waals surface area contributed by atoms with Gasteiger partial charge in [-0.05, 0) is 26.2 Å². The van der Waals surface area contributed by atoms with E-state index in [1.165, 1.54) is 0 Å². The summed E-state index contributed by atoms with van der Waals surface area (Å²) < 4.78 is 5.49. The number of carbonyl (C=O) groups is 2. The Balaban J connectivity index is 2.44. The van der Waals surface area contributed by atoms with Gasteiger partial charge in [-0.25, -0.2) is 0 Å². The normalized spacial score (nSPS) is 39.9. The summed E-state index contributed by atoms with van der Waals surface area (Å²) in [6.45, 7) is 7.91. The molecule has 1 saturated carbocycles. The zero-order valence-corrected chi connectivity index (χ0v) is 10.6. The summed E-state index contributed by atoms with van der Waals surface area (Å²) in [7, 11) is 0. The van der Waals surface area contributed by atoms with E-state index in [1.807, 2.05) is 27.7 Å². The maximum Gasteiger partial charge on any atom is 0.313 e. The molecule has 2 fully saturated rings. The van der Waals surface area contributed by atoms with Gasteiger partial charge in [-0.1, -0.05) is 20.8 Å². The molecular weight excluding hydrogens is 204 g/mol. The Bertz CT molecular complexity index is 358. The zero-order valence-electron chi connectivity index (χ0n) is 10.6. The third kappa shape index (κ3) is 0.994. The molecule has 3 heteroatoms. The molecule has 1 saturated heterocycles. The minimum Gasteiger partial charge on any atom is -0.450 e. The quantitative estimate of drug-likeness (QED) is 0.692. The molecule has 0 N–H and O–H groups in total. The van der Waals surface area contributed by atoms with Crippen molar-refractivity contribution in [3.8, 4) is 0 Å². The van der Waals surface area contributed by atoms with Crippen LogP contribution in [0.25, 0.3) is 0 Å². The Hall–Kier alpha value is -0.860. The van der Waals surface area contributed by atoms with Gasteiger partial charge in [-0.15, -0.1) is 0 Å². The molecule has 1 aliphatic heterocycles. The van der Waals surface area contributed by atoms with Gasteiger partial charge in [0.15, 0.2) is 11.4 Å². The number of carbonyl (C=O) groups excluding carboxylic acids is 2. The number of hydrogen-bond acceptors (Lipinski definition) is 3. The van der Waals surface area contributed by atoms with Crippen LogP contribution in [-0.2, 0) is 14.3 Å². The molecule has 90 valence electrons. The standard InChI is InChI=1S/C13H20O3/c1-5-6-9(14)13-8-7-12(4,10(15)16-13)11(13,2)3/h5-8H2,1-4H3. The molecule has 1 heterocycles. The SMILES string of the molecule is CCCC(=O)C12CCC(C)(C(=O)O1)C2(C)C. The first kappa shape index (κ1) is 11.6. The van der Waals surface area contributed by atoms with Crippen molar-refractivity contribution >= 4 is 11.8 Å². The molecule has 2 rings (SSSR count). The Labute approximate surface area is 96.5 Å². The molecule has 2 bridgehead atoms. The molecule has 2 unspecified atom stereocenters. The van der Waals surface area contributed by atoms with E-state index in [2.05, 4.69) is 0 Å². The van der Waals surface area contributed by atoms with E-state index in [1.54, 1.807) is 0 Å². The molecule has 3 nitrogen and oxygen atoms in total. The Morgan fingerprint density at radius 3 is 2.31 bits per heavy atom. The van der Waals surface area contributed by atoms with Crippen molar-refractivity contribution in [2.45, 2.75) is 59.0 Å². The highest BCUT2D eigenvalue weighted by molar-refractivity contribution is 5.97. The summed E-state index contributed by atoms with van der Waals surface area (Å²) >= 11 is 0. The van der Waals surface area contributed by atoms with Gasteiger partial charge in [-0.2, -0.15) is 0 Å². The van der Waals surface area contributed by atoms with Gasteiger partial charge in [0.05, 0.1) is 5.41 Å². The Kier molecular flexibility index (Phi) is 2.24. The summed E-state index contributed by atoms with van der Waals surface area (Å²) in [5, 5.41) is 0. The van der Waals surface area contributed by atoms with Gasteiger partial charge >= 0.3 is 5.97 Å². The van der Waals surface area contributed by atoms with Gasteiger partial charge in [0.1, 0.15) is 0 Å². The van der Waals surface area contributed by atoms with Crippen molar-refractivity contribution in [3.05, 3.63) is 0 Å². The van der Waals surface area contributed by atoms with E-state index in [-0.39, 0.29) is 17.2 Å². The highest BCUT2D eigenvalue weighted by Gasteiger charge is 2.74. The van der Waals surface area contributed by atoms with Gasteiger partial charge in [0.25, 0.3) is 0 Å². The Morgan fingerprint density at radius 2 is 1.94 bits per heavy atom. The molecule has 2 atom stereocenters. The van der Waals surface area contributed by atoms with Crippen molar-refractivity contribution < 1.29 is 14.3 Å². The molecule has 0 radical (unpaired) electrons. The fourth-order valence-electron chi connectivity index (χ4n) is 3.28. The van der Waals surface area contributed by atoms with Crippen LogP contribution in [0.1, 0.15) is 53.4 Å². The first-order valence-corrected chi connectivity index (χ1v) is 6.08. The van der Waals surface area contributed by atoms with Crippen molar-refractivity contribution in [1.82, 2.24) is 0 Å².